The fraction of sp³-hybridized carbons (Fsp3) is 0.600. The van der Waals surface area contributed by atoms with E-state index in [1.165, 1.54) is 6.42 Å². The predicted octanol–water partition coefficient (Wildman–Crippen LogP) is 2.58. The number of nitrogens with zero attached hydrogens (tertiary/aromatic N) is 3. The maximum Gasteiger partial charge on any atom is 0.416 e. The molecule has 3 heterocycles. The number of anilines is 1. The molecule has 0 N–H and O–H groups in total. The van der Waals surface area contributed by atoms with E-state index >= 15 is 0 Å². The molecule has 0 aliphatic carbocycles. The molecule has 0 saturated carbocycles. The third-order valence-corrected chi connectivity index (χ3v) is 4.18. The molecule has 0 bridgehead atoms. The second-order valence-corrected chi connectivity index (χ2v) is 6.26. The number of amides is 1. The van der Waals surface area contributed by atoms with Gasteiger partial charge in [0.05, 0.1) is 17.3 Å². The first kappa shape index (κ1) is 13.4. The first-order valence-corrected chi connectivity index (χ1v) is 7.13. The molecule has 0 unspecified atom stereocenters. The molecule has 1 aromatic heterocycles. The third-order valence-electron chi connectivity index (χ3n) is 4.18. The molecular weight excluding hydrogens is 254 g/mol. The van der Waals surface area contributed by atoms with Crippen LogP contribution in [0.2, 0.25) is 0 Å². The number of carbonyl (C=O) groups excluding carboxylic acids is 1. The van der Waals surface area contributed by atoms with E-state index in [2.05, 4.69) is 11.9 Å². The average Bonchev–Trinajstić information content (AvgIpc) is 2.93. The van der Waals surface area contributed by atoms with Gasteiger partial charge < -0.3 is 4.74 Å². The van der Waals surface area contributed by atoms with E-state index in [-0.39, 0.29) is 11.6 Å². The fourth-order valence-electron chi connectivity index (χ4n) is 3.05. The number of hydrogen-bond acceptors (Lipinski definition) is 4. The van der Waals surface area contributed by atoms with Crippen molar-refractivity contribution in [1.82, 2.24) is 9.88 Å². The number of carbonyl (C=O) groups is 1. The van der Waals surface area contributed by atoms with Gasteiger partial charge in [-0.3, -0.25) is 9.80 Å². The topological polar surface area (TPSA) is 45.7 Å². The van der Waals surface area contributed by atoms with Gasteiger partial charge in [0.15, 0.2) is 0 Å². The van der Waals surface area contributed by atoms with Crippen molar-refractivity contribution >= 4 is 11.9 Å². The quantitative estimate of drug-likeness (QED) is 0.832. The predicted molar refractivity (Wildman–Crippen MR) is 76.7 cm³/mol. The van der Waals surface area contributed by atoms with Crippen molar-refractivity contribution in [2.45, 2.75) is 38.3 Å². The van der Waals surface area contributed by atoms with Gasteiger partial charge in [-0.25, -0.2) is 9.78 Å². The second kappa shape index (κ2) is 4.74. The highest BCUT2D eigenvalue weighted by molar-refractivity contribution is 5.90. The fourth-order valence-corrected chi connectivity index (χ4v) is 3.05. The van der Waals surface area contributed by atoms with Gasteiger partial charge in [0.1, 0.15) is 12.4 Å². The molecule has 20 heavy (non-hydrogen) atoms. The van der Waals surface area contributed by atoms with Gasteiger partial charge in [-0.1, -0.05) is 6.07 Å². The summed E-state index contributed by atoms with van der Waals surface area (Å²) in [5, 5.41) is 0. The number of cyclic esters (lactones) is 1. The molecular formula is C15H21N3O2. The Hall–Kier alpha value is -1.62. The van der Waals surface area contributed by atoms with Gasteiger partial charge in [-0.05, 0) is 52.4 Å². The van der Waals surface area contributed by atoms with Crippen molar-refractivity contribution in [1.29, 1.82) is 0 Å². The minimum Gasteiger partial charge on any atom is -0.447 e. The van der Waals surface area contributed by atoms with E-state index in [0.717, 1.165) is 18.7 Å². The molecule has 5 nitrogen and oxygen atoms in total. The Morgan fingerprint density at radius 2 is 2.20 bits per heavy atom. The molecule has 0 spiro atoms. The average molecular weight is 275 g/mol. The molecule has 0 aromatic carbocycles. The summed E-state index contributed by atoms with van der Waals surface area (Å²) < 4.78 is 5.16. The van der Waals surface area contributed by atoms with Gasteiger partial charge >= 0.3 is 6.09 Å². The summed E-state index contributed by atoms with van der Waals surface area (Å²) in [7, 11) is 2.13. The Kier molecular flexibility index (Phi) is 3.17. The zero-order valence-corrected chi connectivity index (χ0v) is 12.3. The molecule has 108 valence electrons. The van der Waals surface area contributed by atoms with Crippen LogP contribution in [-0.2, 0) is 4.74 Å². The van der Waals surface area contributed by atoms with Crippen LogP contribution in [0.1, 0.15) is 38.4 Å². The summed E-state index contributed by atoms with van der Waals surface area (Å²) in [5.41, 5.74) is 0.697. The molecule has 1 amide bonds. The lowest BCUT2D eigenvalue weighted by Crippen LogP contribution is -2.42. The van der Waals surface area contributed by atoms with Crippen LogP contribution in [0.15, 0.2) is 18.2 Å². The SMILES string of the molecule is CN1CCC[C@H]1c1cccc(N2C(=O)OCC2(C)C)n1. The number of pyridine rings is 1. The van der Waals surface area contributed by atoms with E-state index in [9.17, 15) is 4.79 Å². The molecule has 0 radical (unpaired) electrons. The lowest BCUT2D eigenvalue weighted by atomic mass is 10.1. The molecule has 1 aromatic rings. The van der Waals surface area contributed by atoms with Crippen LogP contribution in [0.3, 0.4) is 0 Å². The molecule has 3 rings (SSSR count). The number of rotatable bonds is 2. The molecule has 5 heteroatoms. The highest BCUT2D eigenvalue weighted by Crippen LogP contribution is 2.33. The summed E-state index contributed by atoms with van der Waals surface area (Å²) in [6.07, 6.45) is 2.02. The Bertz CT molecular complexity index is 530. The zero-order chi connectivity index (χ0) is 14.3. The summed E-state index contributed by atoms with van der Waals surface area (Å²) in [5.74, 6) is 0.690. The maximum absolute atomic E-state index is 11.9. The van der Waals surface area contributed by atoms with Crippen LogP contribution < -0.4 is 4.90 Å². The highest BCUT2D eigenvalue weighted by atomic mass is 16.6. The van der Waals surface area contributed by atoms with E-state index in [1.807, 2.05) is 32.0 Å². The summed E-state index contributed by atoms with van der Waals surface area (Å²) in [4.78, 5) is 20.6. The van der Waals surface area contributed by atoms with Gasteiger partial charge in [-0.15, -0.1) is 0 Å². The first-order valence-electron chi connectivity index (χ1n) is 7.13. The van der Waals surface area contributed by atoms with Crippen LogP contribution in [-0.4, -0.2) is 41.7 Å². The number of hydrogen-bond donors (Lipinski definition) is 0. The van der Waals surface area contributed by atoms with Crippen molar-refractivity contribution in [2.75, 3.05) is 25.1 Å². The standard InChI is InChI=1S/C15H21N3O2/c1-15(2)10-20-14(19)18(15)13-8-4-6-11(16-13)12-7-5-9-17(12)3/h4,6,8,12H,5,7,9-10H2,1-3H3/t12-/m0/s1. The molecule has 1 atom stereocenters. The second-order valence-electron chi connectivity index (χ2n) is 6.26. The normalized spacial score (nSPS) is 26.1. The van der Waals surface area contributed by atoms with Crippen molar-refractivity contribution in [2.24, 2.45) is 0 Å². The largest absolute Gasteiger partial charge is 0.447 e. The lowest BCUT2D eigenvalue weighted by molar-refractivity contribution is 0.175. The first-order chi connectivity index (χ1) is 9.49. The summed E-state index contributed by atoms with van der Waals surface area (Å²) in [6.45, 7) is 5.50. The van der Waals surface area contributed by atoms with Crippen molar-refractivity contribution in [3.05, 3.63) is 23.9 Å². The zero-order valence-electron chi connectivity index (χ0n) is 12.3. The smallest absolute Gasteiger partial charge is 0.416 e. The van der Waals surface area contributed by atoms with E-state index < -0.39 is 0 Å². The van der Waals surface area contributed by atoms with Crippen molar-refractivity contribution in [3.8, 4) is 0 Å². The molecule has 2 fully saturated rings. The molecule has 2 saturated heterocycles. The minimum atomic E-state index is -0.343. The molecule has 2 aliphatic heterocycles. The van der Waals surface area contributed by atoms with Crippen LogP contribution in [0, 0.1) is 0 Å². The third kappa shape index (κ3) is 2.16. The van der Waals surface area contributed by atoms with Crippen LogP contribution in [0.5, 0.6) is 0 Å². The van der Waals surface area contributed by atoms with E-state index in [4.69, 9.17) is 9.72 Å². The van der Waals surface area contributed by atoms with Crippen LogP contribution in [0.25, 0.3) is 0 Å². The Balaban J connectivity index is 1.93. The summed E-state index contributed by atoms with van der Waals surface area (Å²) in [6, 6.07) is 6.26. The van der Waals surface area contributed by atoms with Gasteiger partial charge in [-0.2, -0.15) is 0 Å². The number of aromatic nitrogens is 1. The van der Waals surface area contributed by atoms with Crippen LogP contribution in [0.4, 0.5) is 10.6 Å². The van der Waals surface area contributed by atoms with E-state index in [0.29, 0.717) is 18.5 Å². The monoisotopic (exact) mass is 275 g/mol. The maximum atomic E-state index is 11.9. The van der Waals surface area contributed by atoms with Crippen LogP contribution >= 0.6 is 0 Å². The van der Waals surface area contributed by atoms with E-state index in [1.54, 1.807) is 4.90 Å². The minimum absolute atomic E-state index is 0.306. The summed E-state index contributed by atoms with van der Waals surface area (Å²) >= 11 is 0. The molecule has 2 aliphatic rings. The Morgan fingerprint density at radius 3 is 2.80 bits per heavy atom. The van der Waals surface area contributed by atoms with Gasteiger partial charge in [0, 0.05) is 0 Å². The Morgan fingerprint density at radius 1 is 1.40 bits per heavy atom. The highest BCUT2D eigenvalue weighted by Gasteiger charge is 2.42. The van der Waals surface area contributed by atoms with Gasteiger partial charge in [0.25, 0.3) is 0 Å². The lowest BCUT2D eigenvalue weighted by Gasteiger charge is -2.28. The van der Waals surface area contributed by atoms with Crippen molar-refractivity contribution in [3.63, 3.8) is 0 Å². The van der Waals surface area contributed by atoms with Crippen molar-refractivity contribution < 1.29 is 9.53 Å². The number of ether oxygens (including phenoxy) is 1. The number of likely N-dealkylation sites (tertiary alicyclic amines) is 1. The van der Waals surface area contributed by atoms with Gasteiger partial charge in [0.2, 0.25) is 0 Å². The Labute approximate surface area is 119 Å².